The normalized spacial score (nSPS) is 12.5. The zero-order valence-electron chi connectivity index (χ0n) is 15.0. The van der Waals surface area contributed by atoms with Gasteiger partial charge < -0.3 is 9.84 Å². The van der Waals surface area contributed by atoms with Crippen LogP contribution in [0.1, 0.15) is 27.7 Å². The highest BCUT2D eigenvalue weighted by Gasteiger charge is 2.34. The number of aromatic nitrogens is 1. The van der Waals surface area contributed by atoms with Gasteiger partial charge in [-0.3, -0.25) is 4.79 Å². The lowest BCUT2D eigenvalue weighted by Crippen LogP contribution is -2.29. The Morgan fingerprint density at radius 2 is 1.74 bits per heavy atom. The van der Waals surface area contributed by atoms with Crippen LogP contribution in [-0.2, 0) is 20.4 Å². The average molecular weight is 384 g/mol. The molecule has 140 valence electrons. The van der Waals surface area contributed by atoms with E-state index in [1.54, 1.807) is 49.4 Å². The number of carbonyl (C=O) groups excluding carboxylic acids is 1. The number of nitrogens with zero attached hydrogens (tertiary/aromatic N) is 1. The number of nitrogens with one attached hydrogen (secondary N) is 1. The quantitative estimate of drug-likeness (QED) is 0.701. The molecule has 3 rings (SSSR count). The van der Waals surface area contributed by atoms with E-state index >= 15 is 0 Å². The Morgan fingerprint density at radius 1 is 1.07 bits per heavy atom. The van der Waals surface area contributed by atoms with Crippen molar-refractivity contribution in [1.82, 2.24) is 5.16 Å². The van der Waals surface area contributed by atoms with Crippen LogP contribution in [0.2, 0.25) is 0 Å². The largest absolute Gasteiger partial charge is 0.360 e. The maximum Gasteiger partial charge on any atom is 0.248 e. The standard InChI is InChI=1S/C20H20N2O4S/c1-14-8-10-16(11-9-14)13-27(24,25)19(17-6-4-3-5-7-17)20(23)21-18-12-15(2)26-22-18/h3-12,19H,13H2,1-2H3,(H,21,22,23). The van der Waals surface area contributed by atoms with Crippen LogP contribution in [0.3, 0.4) is 0 Å². The molecule has 0 aliphatic heterocycles. The van der Waals surface area contributed by atoms with Gasteiger partial charge in [0.1, 0.15) is 5.76 Å². The zero-order valence-corrected chi connectivity index (χ0v) is 15.9. The summed E-state index contributed by atoms with van der Waals surface area (Å²) in [5.41, 5.74) is 2.07. The smallest absolute Gasteiger partial charge is 0.248 e. The highest BCUT2D eigenvalue weighted by molar-refractivity contribution is 7.91. The number of aryl methyl sites for hydroxylation is 2. The lowest BCUT2D eigenvalue weighted by Gasteiger charge is -2.17. The third kappa shape index (κ3) is 4.62. The van der Waals surface area contributed by atoms with E-state index in [4.69, 9.17) is 4.52 Å². The summed E-state index contributed by atoms with van der Waals surface area (Å²) in [6.07, 6.45) is 0. The highest BCUT2D eigenvalue weighted by Crippen LogP contribution is 2.27. The van der Waals surface area contributed by atoms with E-state index < -0.39 is 21.0 Å². The third-order valence-corrected chi connectivity index (χ3v) is 6.01. The molecule has 1 unspecified atom stereocenters. The number of benzene rings is 2. The first-order valence-electron chi connectivity index (χ1n) is 8.41. The van der Waals surface area contributed by atoms with Gasteiger partial charge in [0, 0.05) is 6.07 Å². The van der Waals surface area contributed by atoms with Crippen LogP contribution in [-0.4, -0.2) is 19.5 Å². The van der Waals surface area contributed by atoms with E-state index in [0.29, 0.717) is 16.9 Å². The molecule has 0 bridgehead atoms. The second-order valence-electron chi connectivity index (χ2n) is 6.40. The van der Waals surface area contributed by atoms with Gasteiger partial charge in [0.25, 0.3) is 0 Å². The molecule has 1 atom stereocenters. The molecule has 3 aromatic rings. The van der Waals surface area contributed by atoms with Gasteiger partial charge in [-0.25, -0.2) is 8.42 Å². The van der Waals surface area contributed by atoms with Crippen LogP contribution in [0.4, 0.5) is 5.82 Å². The summed E-state index contributed by atoms with van der Waals surface area (Å²) in [6.45, 7) is 3.61. The molecule has 1 aromatic heterocycles. The monoisotopic (exact) mass is 384 g/mol. The molecular weight excluding hydrogens is 364 g/mol. The second kappa shape index (κ2) is 7.75. The molecule has 0 saturated heterocycles. The second-order valence-corrected chi connectivity index (χ2v) is 8.48. The molecule has 1 N–H and O–H groups in total. The first kappa shape index (κ1) is 18.8. The van der Waals surface area contributed by atoms with Crippen LogP contribution < -0.4 is 5.32 Å². The molecule has 0 fully saturated rings. The number of amides is 1. The van der Waals surface area contributed by atoms with Crippen molar-refractivity contribution >= 4 is 21.6 Å². The fraction of sp³-hybridized carbons (Fsp3) is 0.200. The summed E-state index contributed by atoms with van der Waals surface area (Å²) in [7, 11) is -3.82. The molecular formula is C20H20N2O4S. The van der Waals surface area contributed by atoms with E-state index in [0.717, 1.165) is 5.56 Å². The topological polar surface area (TPSA) is 89.3 Å². The van der Waals surface area contributed by atoms with Crippen LogP contribution in [0.15, 0.2) is 65.2 Å². The van der Waals surface area contributed by atoms with Gasteiger partial charge in [0.05, 0.1) is 5.75 Å². The number of anilines is 1. The predicted octanol–water partition coefficient (Wildman–Crippen LogP) is 3.59. The van der Waals surface area contributed by atoms with Crippen LogP contribution in [0.25, 0.3) is 0 Å². The molecule has 0 spiro atoms. The van der Waals surface area contributed by atoms with Crippen molar-refractivity contribution < 1.29 is 17.7 Å². The molecule has 6 nitrogen and oxygen atoms in total. The van der Waals surface area contributed by atoms with Gasteiger partial charge in [0.15, 0.2) is 20.9 Å². The minimum Gasteiger partial charge on any atom is -0.360 e. The molecule has 0 saturated carbocycles. The molecule has 0 aliphatic carbocycles. The Kier molecular flexibility index (Phi) is 5.41. The number of rotatable bonds is 6. The minimum atomic E-state index is -3.82. The zero-order chi connectivity index (χ0) is 19.4. The number of sulfone groups is 1. The van der Waals surface area contributed by atoms with Gasteiger partial charge in [0.2, 0.25) is 5.91 Å². The van der Waals surface area contributed by atoms with Crippen molar-refractivity contribution in [2.45, 2.75) is 24.9 Å². The Balaban J connectivity index is 1.93. The van der Waals surface area contributed by atoms with Gasteiger partial charge >= 0.3 is 0 Å². The lowest BCUT2D eigenvalue weighted by molar-refractivity contribution is -0.116. The van der Waals surface area contributed by atoms with E-state index in [1.807, 2.05) is 19.1 Å². The van der Waals surface area contributed by atoms with Gasteiger partial charge in [-0.15, -0.1) is 0 Å². The van der Waals surface area contributed by atoms with Crippen LogP contribution in [0, 0.1) is 13.8 Å². The van der Waals surface area contributed by atoms with E-state index in [9.17, 15) is 13.2 Å². The molecule has 0 radical (unpaired) electrons. The third-order valence-electron chi connectivity index (χ3n) is 4.07. The molecule has 1 heterocycles. The average Bonchev–Trinajstić information content (AvgIpc) is 3.02. The highest BCUT2D eigenvalue weighted by atomic mass is 32.2. The number of hydrogen-bond acceptors (Lipinski definition) is 5. The molecule has 27 heavy (non-hydrogen) atoms. The van der Waals surface area contributed by atoms with Crippen molar-refractivity contribution in [3.8, 4) is 0 Å². The molecule has 7 heteroatoms. The van der Waals surface area contributed by atoms with Crippen molar-refractivity contribution in [1.29, 1.82) is 0 Å². The SMILES string of the molecule is Cc1ccc(CS(=O)(=O)C(C(=O)Nc2cc(C)on2)c2ccccc2)cc1. The number of hydrogen-bond donors (Lipinski definition) is 1. The number of carbonyl (C=O) groups is 1. The maximum atomic E-state index is 13.1. The van der Waals surface area contributed by atoms with Crippen LogP contribution in [0.5, 0.6) is 0 Å². The Morgan fingerprint density at radius 3 is 2.33 bits per heavy atom. The van der Waals surface area contributed by atoms with Crippen molar-refractivity contribution in [3.05, 3.63) is 83.1 Å². The fourth-order valence-electron chi connectivity index (χ4n) is 2.77. The summed E-state index contributed by atoms with van der Waals surface area (Å²) in [4.78, 5) is 12.8. The summed E-state index contributed by atoms with van der Waals surface area (Å²) >= 11 is 0. The molecule has 0 aliphatic rings. The maximum absolute atomic E-state index is 13.1. The first-order valence-corrected chi connectivity index (χ1v) is 10.1. The summed E-state index contributed by atoms with van der Waals surface area (Å²) in [5, 5.41) is 4.90. The molecule has 2 aromatic carbocycles. The Bertz CT molecular complexity index is 1030. The first-order chi connectivity index (χ1) is 12.8. The van der Waals surface area contributed by atoms with Gasteiger partial charge in [-0.2, -0.15) is 0 Å². The van der Waals surface area contributed by atoms with E-state index in [1.165, 1.54) is 6.07 Å². The van der Waals surface area contributed by atoms with Gasteiger partial charge in [-0.05, 0) is 25.0 Å². The predicted molar refractivity (Wildman–Crippen MR) is 103 cm³/mol. The Hall–Kier alpha value is -2.93. The summed E-state index contributed by atoms with van der Waals surface area (Å²) < 4.78 is 31.2. The van der Waals surface area contributed by atoms with Crippen molar-refractivity contribution in [2.24, 2.45) is 0 Å². The van der Waals surface area contributed by atoms with Crippen molar-refractivity contribution in [3.63, 3.8) is 0 Å². The van der Waals surface area contributed by atoms with Crippen molar-refractivity contribution in [2.75, 3.05) is 5.32 Å². The summed E-state index contributed by atoms with van der Waals surface area (Å²) in [5.74, 6) is -0.201. The lowest BCUT2D eigenvalue weighted by atomic mass is 10.1. The fourth-order valence-corrected chi connectivity index (χ4v) is 4.55. The van der Waals surface area contributed by atoms with Gasteiger partial charge in [-0.1, -0.05) is 65.3 Å². The summed E-state index contributed by atoms with van der Waals surface area (Å²) in [6, 6.07) is 17.2. The van der Waals surface area contributed by atoms with E-state index in [-0.39, 0.29) is 11.6 Å². The minimum absolute atomic E-state index is 0.184. The van der Waals surface area contributed by atoms with E-state index in [2.05, 4.69) is 10.5 Å². The van der Waals surface area contributed by atoms with Crippen LogP contribution >= 0.6 is 0 Å². The molecule has 1 amide bonds. The Labute approximate surface area is 158 Å².